The van der Waals surface area contributed by atoms with E-state index in [0.717, 1.165) is 51.0 Å². The van der Waals surface area contributed by atoms with Crippen LogP contribution in [-0.4, -0.2) is 39.3 Å². The first-order chi connectivity index (χ1) is 10.3. The van der Waals surface area contributed by atoms with Gasteiger partial charge in [0.25, 0.3) is 0 Å². The van der Waals surface area contributed by atoms with E-state index < -0.39 is 0 Å². The average molecular weight is 295 g/mol. The van der Waals surface area contributed by atoms with Crippen LogP contribution in [0, 0.1) is 5.92 Å². The molecule has 0 saturated carbocycles. The van der Waals surface area contributed by atoms with Gasteiger partial charge in [-0.25, -0.2) is 0 Å². The highest BCUT2D eigenvalue weighted by atomic mass is 16.5. The third kappa shape index (κ3) is 8.10. The lowest BCUT2D eigenvalue weighted by molar-refractivity contribution is 0.153. The Morgan fingerprint density at radius 2 is 2.24 bits per heavy atom. The summed E-state index contributed by atoms with van der Waals surface area (Å²) in [5.74, 6) is 1.68. The number of unbranched alkanes of at least 4 members (excludes halogenated alkanes) is 1. The van der Waals surface area contributed by atoms with Crippen LogP contribution >= 0.6 is 0 Å². The van der Waals surface area contributed by atoms with Gasteiger partial charge in [-0.2, -0.15) is 0 Å². The number of hydrogen-bond donors (Lipinski definition) is 2. The molecule has 0 saturated heterocycles. The summed E-state index contributed by atoms with van der Waals surface area (Å²) in [6.45, 7) is 8.14. The molecule has 1 aliphatic heterocycles. The van der Waals surface area contributed by atoms with Crippen LogP contribution in [0.4, 0.5) is 0 Å². The Morgan fingerprint density at radius 1 is 1.38 bits per heavy atom. The van der Waals surface area contributed by atoms with Crippen molar-refractivity contribution in [1.29, 1.82) is 0 Å². The molecule has 4 nitrogen and oxygen atoms in total. The normalized spacial score (nSPS) is 17.3. The SMILES string of the molecule is CCCCC(CC)CNC(=NC)NCCC1=CCOCC1. The Hall–Kier alpha value is -1.03. The topological polar surface area (TPSA) is 45.7 Å². The smallest absolute Gasteiger partial charge is 0.190 e. The van der Waals surface area contributed by atoms with Gasteiger partial charge < -0.3 is 15.4 Å². The van der Waals surface area contributed by atoms with Crippen molar-refractivity contribution < 1.29 is 4.74 Å². The van der Waals surface area contributed by atoms with Crippen molar-refractivity contribution in [3.63, 3.8) is 0 Å². The van der Waals surface area contributed by atoms with Crippen LogP contribution in [0.15, 0.2) is 16.6 Å². The van der Waals surface area contributed by atoms with Gasteiger partial charge in [-0.3, -0.25) is 4.99 Å². The summed E-state index contributed by atoms with van der Waals surface area (Å²) in [5, 5.41) is 6.87. The van der Waals surface area contributed by atoms with Crippen LogP contribution in [0.2, 0.25) is 0 Å². The lowest BCUT2D eigenvalue weighted by Gasteiger charge is -2.19. The van der Waals surface area contributed by atoms with E-state index in [9.17, 15) is 0 Å². The average Bonchev–Trinajstić information content (AvgIpc) is 2.54. The molecule has 0 aromatic carbocycles. The quantitative estimate of drug-likeness (QED) is 0.390. The maximum Gasteiger partial charge on any atom is 0.190 e. The van der Waals surface area contributed by atoms with E-state index in [1.54, 1.807) is 0 Å². The maximum absolute atomic E-state index is 5.32. The van der Waals surface area contributed by atoms with E-state index in [2.05, 4.69) is 35.5 Å². The Labute approximate surface area is 130 Å². The van der Waals surface area contributed by atoms with Gasteiger partial charge in [-0.1, -0.05) is 44.8 Å². The second-order valence-electron chi connectivity index (χ2n) is 5.73. The molecule has 0 aliphatic carbocycles. The highest BCUT2D eigenvalue weighted by Gasteiger charge is 2.07. The second kappa shape index (κ2) is 11.6. The van der Waals surface area contributed by atoms with Crippen LogP contribution in [0.3, 0.4) is 0 Å². The molecule has 21 heavy (non-hydrogen) atoms. The molecular formula is C17H33N3O. The lowest BCUT2D eigenvalue weighted by Crippen LogP contribution is -2.40. The fourth-order valence-corrected chi connectivity index (χ4v) is 2.54. The molecule has 1 rings (SSSR count). The first-order valence-corrected chi connectivity index (χ1v) is 8.50. The van der Waals surface area contributed by atoms with E-state index in [1.807, 2.05) is 7.05 Å². The van der Waals surface area contributed by atoms with Gasteiger partial charge >= 0.3 is 0 Å². The minimum atomic E-state index is 0.752. The molecule has 0 amide bonds. The van der Waals surface area contributed by atoms with E-state index in [-0.39, 0.29) is 0 Å². The molecule has 0 bridgehead atoms. The Kier molecular flexibility index (Phi) is 9.96. The van der Waals surface area contributed by atoms with E-state index in [0.29, 0.717) is 0 Å². The van der Waals surface area contributed by atoms with Crippen molar-refractivity contribution in [2.45, 2.75) is 52.4 Å². The molecule has 0 aromatic rings. The summed E-state index contributed by atoms with van der Waals surface area (Å²) in [7, 11) is 1.84. The highest BCUT2D eigenvalue weighted by Crippen LogP contribution is 2.12. The molecule has 0 spiro atoms. The lowest BCUT2D eigenvalue weighted by atomic mass is 9.99. The minimum absolute atomic E-state index is 0.752. The number of nitrogens with one attached hydrogen (secondary N) is 2. The van der Waals surface area contributed by atoms with Crippen LogP contribution in [-0.2, 0) is 4.74 Å². The molecule has 0 aromatic heterocycles. The molecule has 0 radical (unpaired) electrons. The zero-order valence-electron chi connectivity index (χ0n) is 14.1. The molecule has 1 atom stereocenters. The second-order valence-corrected chi connectivity index (χ2v) is 5.73. The Balaban J connectivity index is 2.20. The molecule has 2 N–H and O–H groups in total. The van der Waals surface area contributed by atoms with Gasteiger partial charge in [0.05, 0.1) is 13.2 Å². The summed E-state index contributed by atoms with van der Waals surface area (Å²) in [5.41, 5.74) is 1.50. The highest BCUT2D eigenvalue weighted by molar-refractivity contribution is 5.79. The van der Waals surface area contributed by atoms with Crippen LogP contribution < -0.4 is 10.6 Å². The first-order valence-electron chi connectivity index (χ1n) is 8.50. The van der Waals surface area contributed by atoms with Crippen molar-refractivity contribution >= 4 is 5.96 Å². The van der Waals surface area contributed by atoms with Gasteiger partial charge in [0, 0.05) is 20.1 Å². The van der Waals surface area contributed by atoms with Gasteiger partial charge in [0.2, 0.25) is 0 Å². The van der Waals surface area contributed by atoms with Gasteiger partial charge in [0.15, 0.2) is 5.96 Å². The molecule has 122 valence electrons. The van der Waals surface area contributed by atoms with Crippen molar-refractivity contribution in [2.75, 3.05) is 33.4 Å². The monoisotopic (exact) mass is 295 g/mol. The Bertz CT molecular complexity index is 326. The van der Waals surface area contributed by atoms with Crippen molar-refractivity contribution in [3.8, 4) is 0 Å². The molecule has 1 heterocycles. The number of rotatable bonds is 9. The van der Waals surface area contributed by atoms with Crippen molar-refractivity contribution in [3.05, 3.63) is 11.6 Å². The summed E-state index contributed by atoms with van der Waals surface area (Å²) < 4.78 is 5.32. The zero-order chi connectivity index (χ0) is 15.3. The third-order valence-corrected chi connectivity index (χ3v) is 4.12. The summed E-state index contributed by atoms with van der Waals surface area (Å²) >= 11 is 0. The van der Waals surface area contributed by atoms with Crippen molar-refractivity contribution in [1.82, 2.24) is 10.6 Å². The standard InChI is InChI=1S/C17H33N3O/c1-4-6-7-15(5-2)14-20-17(18-3)19-11-8-16-9-12-21-13-10-16/h9,15H,4-8,10-14H2,1-3H3,(H2,18,19,20). The first kappa shape index (κ1) is 18.0. The van der Waals surface area contributed by atoms with Gasteiger partial charge in [0.1, 0.15) is 0 Å². The fraction of sp³-hybridized carbons (Fsp3) is 0.824. The molecular weight excluding hydrogens is 262 g/mol. The van der Waals surface area contributed by atoms with Gasteiger partial charge in [-0.05, 0) is 25.2 Å². The minimum Gasteiger partial charge on any atom is -0.377 e. The predicted molar refractivity (Wildman–Crippen MR) is 90.8 cm³/mol. The third-order valence-electron chi connectivity index (χ3n) is 4.12. The van der Waals surface area contributed by atoms with Crippen molar-refractivity contribution in [2.24, 2.45) is 10.9 Å². The predicted octanol–water partition coefficient (Wildman–Crippen LogP) is 3.10. The maximum atomic E-state index is 5.32. The summed E-state index contributed by atoms with van der Waals surface area (Å²) in [6, 6.07) is 0. The molecule has 1 unspecified atom stereocenters. The van der Waals surface area contributed by atoms with E-state index in [4.69, 9.17) is 4.74 Å². The van der Waals surface area contributed by atoms with E-state index in [1.165, 1.54) is 31.3 Å². The van der Waals surface area contributed by atoms with Gasteiger partial charge in [-0.15, -0.1) is 0 Å². The number of ether oxygens (including phenoxy) is 1. The number of aliphatic imine (C=N–C) groups is 1. The number of hydrogen-bond acceptors (Lipinski definition) is 2. The number of guanidine groups is 1. The van der Waals surface area contributed by atoms with Crippen LogP contribution in [0.5, 0.6) is 0 Å². The van der Waals surface area contributed by atoms with Crippen LogP contribution in [0.1, 0.15) is 52.4 Å². The Morgan fingerprint density at radius 3 is 2.86 bits per heavy atom. The molecule has 0 fully saturated rings. The molecule has 1 aliphatic rings. The zero-order valence-corrected chi connectivity index (χ0v) is 14.1. The van der Waals surface area contributed by atoms with E-state index >= 15 is 0 Å². The number of nitrogens with zero attached hydrogens (tertiary/aromatic N) is 1. The molecule has 4 heteroatoms. The van der Waals surface area contributed by atoms with Crippen LogP contribution in [0.25, 0.3) is 0 Å². The largest absolute Gasteiger partial charge is 0.377 e. The summed E-state index contributed by atoms with van der Waals surface area (Å²) in [6.07, 6.45) is 9.50. The fourth-order valence-electron chi connectivity index (χ4n) is 2.54. The summed E-state index contributed by atoms with van der Waals surface area (Å²) in [4.78, 5) is 4.31.